The number of thiazole rings is 1. The molecule has 1 amide bonds. The van der Waals surface area contributed by atoms with E-state index in [9.17, 15) is 4.79 Å². The van der Waals surface area contributed by atoms with Crippen LogP contribution in [0.2, 0.25) is 0 Å². The Balaban J connectivity index is 1.59. The Labute approximate surface area is 129 Å². The van der Waals surface area contributed by atoms with Crippen LogP contribution in [-0.4, -0.2) is 17.5 Å². The molecule has 0 unspecified atom stereocenters. The number of aryl methyl sites for hydroxylation is 2. The Hall–Kier alpha value is -1.88. The average Bonchev–Trinajstić information content (AvgIpc) is 2.89. The summed E-state index contributed by atoms with van der Waals surface area (Å²) in [6, 6.07) is 7.91. The number of amides is 1. The second-order valence-corrected chi connectivity index (χ2v) is 5.87. The third-order valence-corrected chi connectivity index (χ3v) is 3.91. The molecule has 112 valence electrons. The first-order valence-corrected chi connectivity index (χ1v) is 7.88. The van der Waals surface area contributed by atoms with E-state index in [1.54, 1.807) is 11.3 Å². The maximum absolute atomic E-state index is 11.7. The molecule has 0 radical (unpaired) electrons. The predicted octanol–water partition coefficient (Wildman–Crippen LogP) is 3.24. The molecule has 0 fully saturated rings. The van der Waals surface area contributed by atoms with Gasteiger partial charge in [0, 0.05) is 17.5 Å². The minimum atomic E-state index is 0.0374. The van der Waals surface area contributed by atoms with Crippen molar-refractivity contribution in [2.24, 2.45) is 0 Å². The van der Waals surface area contributed by atoms with Crippen molar-refractivity contribution in [3.05, 3.63) is 45.9 Å². The molecular weight excluding hydrogens is 284 g/mol. The number of benzene rings is 1. The number of hydrogen-bond donors (Lipinski definition) is 1. The Morgan fingerprint density at radius 2 is 2.05 bits per heavy atom. The second kappa shape index (κ2) is 7.78. The highest BCUT2D eigenvalue weighted by molar-refractivity contribution is 7.09. The summed E-state index contributed by atoms with van der Waals surface area (Å²) in [5.74, 6) is 0.884. The summed E-state index contributed by atoms with van der Waals surface area (Å²) in [6.45, 7) is 5.05. The maximum atomic E-state index is 11.7. The number of nitrogens with zero attached hydrogens (tertiary/aromatic N) is 1. The molecule has 0 aliphatic rings. The fourth-order valence-electron chi connectivity index (χ4n) is 1.80. The number of rotatable bonds is 7. The minimum Gasteiger partial charge on any atom is -0.494 e. The van der Waals surface area contributed by atoms with E-state index in [0.29, 0.717) is 26.0 Å². The van der Waals surface area contributed by atoms with Crippen LogP contribution in [-0.2, 0) is 11.3 Å². The summed E-state index contributed by atoms with van der Waals surface area (Å²) in [4.78, 5) is 16.0. The zero-order valence-corrected chi connectivity index (χ0v) is 13.2. The number of carbonyl (C=O) groups is 1. The summed E-state index contributed by atoms with van der Waals surface area (Å²) in [5, 5.41) is 5.80. The zero-order valence-electron chi connectivity index (χ0n) is 12.4. The molecule has 1 aromatic heterocycles. The number of aromatic nitrogens is 1. The monoisotopic (exact) mass is 304 g/mol. The number of ether oxygens (including phenoxy) is 1. The molecule has 0 saturated carbocycles. The van der Waals surface area contributed by atoms with E-state index in [4.69, 9.17) is 4.74 Å². The summed E-state index contributed by atoms with van der Waals surface area (Å²) in [7, 11) is 0. The van der Waals surface area contributed by atoms with Gasteiger partial charge in [0.1, 0.15) is 10.8 Å². The molecule has 2 rings (SSSR count). The predicted molar refractivity (Wildman–Crippen MR) is 84.6 cm³/mol. The molecule has 0 aliphatic heterocycles. The lowest BCUT2D eigenvalue weighted by molar-refractivity contribution is -0.121. The van der Waals surface area contributed by atoms with Gasteiger partial charge in [-0.2, -0.15) is 0 Å². The van der Waals surface area contributed by atoms with Crippen LogP contribution in [0.5, 0.6) is 5.75 Å². The lowest BCUT2D eigenvalue weighted by Crippen LogP contribution is -2.22. The molecule has 0 aliphatic carbocycles. The van der Waals surface area contributed by atoms with E-state index >= 15 is 0 Å². The van der Waals surface area contributed by atoms with Crippen molar-refractivity contribution in [2.45, 2.75) is 33.2 Å². The highest BCUT2D eigenvalue weighted by Crippen LogP contribution is 2.12. The Bertz CT molecular complexity index is 578. The molecule has 1 heterocycles. The van der Waals surface area contributed by atoms with Gasteiger partial charge in [-0.05, 0) is 32.4 Å². The van der Waals surface area contributed by atoms with Crippen molar-refractivity contribution in [3.8, 4) is 5.75 Å². The Morgan fingerprint density at radius 1 is 1.29 bits per heavy atom. The maximum Gasteiger partial charge on any atom is 0.220 e. The van der Waals surface area contributed by atoms with Crippen LogP contribution in [0.1, 0.15) is 29.1 Å². The number of hydrogen-bond acceptors (Lipinski definition) is 4. The van der Waals surface area contributed by atoms with Crippen LogP contribution in [0.15, 0.2) is 29.6 Å². The van der Waals surface area contributed by atoms with Crippen LogP contribution >= 0.6 is 11.3 Å². The van der Waals surface area contributed by atoms with Gasteiger partial charge < -0.3 is 10.1 Å². The first-order valence-electron chi connectivity index (χ1n) is 7.00. The third-order valence-electron chi connectivity index (χ3n) is 2.94. The van der Waals surface area contributed by atoms with E-state index in [-0.39, 0.29) is 5.91 Å². The number of carbonyl (C=O) groups excluding carboxylic acids is 1. The summed E-state index contributed by atoms with van der Waals surface area (Å²) < 4.78 is 5.59. The fraction of sp³-hybridized carbons (Fsp3) is 0.375. The van der Waals surface area contributed by atoms with Crippen molar-refractivity contribution in [2.75, 3.05) is 6.61 Å². The van der Waals surface area contributed by atoms with E-state index in [1.807, 2.05) is 43.5 Å². The van der Waals surface area contributed by atoms with Gasteiger partial charge in [-0.25, -0.2) is 4.98 Å². The van der Waals surface area contributed by atoms with Crippen molar-refractivity contribution >= 4 is 17.2 Å². The molecule has 0 saturated heterocycles. The molecule has 2 aromatic rings. The molecule has 21 heavy (non-hydrogen) atoms. The van der Waals surface area contributed by atoms with Crippen LogP contribution in [0.25, 0.3) is 0 Å². The molecule has 0 atom stereocenters. The third kappa shape index (κ3) is 5.55. The summed E-state index contributed by atoms with van der Waals surface area (Å²) >= 11 is 1.57. The molecular formula is C16H20N2O2S. The fourth-order valence-corrected chi connectivity index (χ4v) is 2.52. The van der Waals surface area contributed by atoms with E-state index in [0.717, 1.165) is 16.5 Å². The molecule has 1 N–H and O–H groups in total. The lowest BCUT2D eigenvalue weighted by Gasteiger charge is -2.06. The molecule has 1 aromatic carbocycles. The van der Waals surface area contributed by atoms with Crippen LogP contribution in [0.3, 0.4) is 0 Å². The summed E-state index contributed by atoms with van der Waals surface area (Å²) in [6.07, 6.45) is 1.17. The van der Waals surface area contributed by atoms with Crippen molar-refractivity contribution in [3.63, 3.8) is 0 Å². The Kier molecular flexibility index (Phi) is 5.75. The molecule has 5 heteroatoms. The van der Waals surface area contributed by atoms with Gasteiger partial charge in [-0.3, -0.25) is 4.79 Å². The Morgan fingerprint density at radius 3 is 2.71 bits per heavy atom. The van der Waals surface area contributed by atoms with Gasteiger partial charge in [0.25, 0.3) is 0 Å². The first kappa shape index (κ1) is 15.5. The minimum absolute atomic E-state index is 0.0374. The molecule has 0 spiro atoms. The highest BCUT2D eigenvalue weighted by atomic mass is 32.1. The van der Waals surface area contributed by atoms with Gasteiger partial charge >= 0.3 is 0 Å². The normalized spacial score (nSPS) is 10.4. The topological polar surface area (TPSA) is 51.2 Å². The van der Waals surface area contributed by atoms with E-state index in [1.165, 1.54) is 5.56 Å². The second-order valence-electron chi connectivity index (χ2n) is 4.92. The van der Waals surface area contributed by atoms with Crippen LogP contribution in [0.4, 0.5) is 0 Å². The molecule has 0 bridgehead atoms. The van der Waals surface area contributed by atoms with Crippen LogP contribution in [0, 0.1) is 13.8 Å². The van der Waals surface area contributed by atoms with E-state index in [2.05, 4.69) is 10.3 Å². The smallest absolute Gasteiger partial charge is 0.220 e. The average molecular weight is 304 g/mol. The SMILES string of the molecule is Cc1ccc(OCCCC(=O)NCc2nc(C)cs2)cc1. The highest BCUT2D eigenvalue weighted by Gasteiger charge is 2.04. The van der Waals surface area contributed by atoms with Gasteiger partial charge in [0.2, 0.25) is 5.91 Å². The largest absolute Gasteiger partial charge is 0.494 e. The van der Waals surface area contributed by atoms with Gasteiger partial charge in [0.05, 0.1) is 13.2 Å². The van der Waals surface area contributed by atoms with Gasteiger partial charge in [0.15, 0.2) is 0 Å². The quantitative estimate of drug-likeness (QED) is 0.799. The first-order chi connectivity index (χ1) is 10.1. The van der Waals surface area contributed by atoms with E-state index < -0.39 is 0 Å². The van der Waals surface area contributed by atoms with Crippen molar-refractivity contribution in [1.29, 1.82) is 0 Å². The van der Waals surface area contributed by atoms with Gasteiger partial charge in [-0.1, -0.05) is 17.7 Å². The zero-order chi connectivity index (χ0) is 15.1. The standard InChI is InChI=1S/C16H20N2O2S/c1-12-5-7-14(8-6-12)20-9-3-4-15(19)17-10-16-18-13(2)11-21-16/h5-8,11H,3-4,9-10H2,1-2H3,(H,17,19). The van der Waals surface area contributed by atoms with Crippen molar-refractivity contribution in [1.82, 2.24) is 10.3 Å². The molecule has 4 nitrogen and oxygen atoms in total. The van der Waals surface area contributed by atoms with Crippen molar-refractivity contribution < 1.29 is 9.53 Å². The van der Waals surface area contributed by atoms with Gasteiger partial charge in [-0.15, -0.1) is 11.3 Å². The van der Waals surface area contributed by atoms with Crippen LogP contribution < -0.4 is 10.1 Å². The summed E-state index contributed by atoms with van der Waals surface area (Å²) in [5.41, 5.74) is 2.20. The number of nitrogens with one attached hydrogen (secondary N) is 1. The lowest BCUT2D eigenvalue weighted by atomic mass is 10.2.